The number of benzene rings is 11. The van der Waals surface area contributed by atoms with Gasteiger partial charge in [-0.1, -0.05) is 121 Å². The first-order chi connectivity index (χ1) is 38.9. The predicted molar refractivity (Wildman–Crippen MR) is 309 cm³/mol. The van der Waals surface area contributed by atoms with Crippen molar-refractivity contribution in [1.29, 1.82) is 5.26 Å². The largest absolute Gasteiger partial charge is 0.417 e. The minimum Gasteiger partial charge on any atom is -0.309 e. The lowest BCUT2D eigenvalue weighted by Crippen LogP contribution is -2.12. The van der Waals surface area contributed by atoms with Gasteiger partial charge in [0.2, 0.25) is 0 Å². The van der Waals surface area contributed by atoms with Gasteiger partial charge >= 0.3 is 12.4 Å². The van der Waals surface area contributed by atoms with Crippen LogP contribution in [-0.2, 0) is 12.4 Å². The molecule has 0 aliphatic rings. The van der Waals surface area contributed by atoms with Gasteiger partial charge in [0.15, 0.2) is 0 Å². The van der Waals surface area contributed by atoms with Gasteiger partial charge in [-0.05, 0) is 132 Å². The van der Waals surface area contributed by atoms with Gasteiger partial charge in [0.1, 0.15) is 0 Å². The van der Waals surface area contributed by atoms with E-state index in [1.54, 1.807) is 36.4 Å². The highest BCUT2D eigenvalue weighted by molar-refractivity contribution is 6.14. The fraction of sp³-hybridized carbons (Fsp3) is 0.0290. The van der Waals surface area contributed by atoms with Crippen LogP contribution in [0.4, 0.5) is 26.3 Å². The third-order valence-electron chi connectivity index (χ3n) is 15.8. The molecule has 5 nitrogen and oxygen atoms in total. The van der Waals surface area contributed by atoms with Gasteiger partial charge in [-0.2, -0.15) is 31.6 Å². The second kappa shape index (κ2) is 17.3. The number of para-hydroxylation sites is 6. The summed E-state index contributed by atoms with van der Waals surface area (Å²) < 4.78 is 97.9. The van der Waals surface area contributed by atoms with Crippen LogP contribution < -0.4 is 0 Å². The van der Waals surface area contributed by atoms with E-state index in [0.717, 1.165) is 105 Å². The topological polar surface area (TPSA) is 43.5 Å². The number of aromatic nitrogens is 4. The normalized spacial score (nSPS) is 12.4. The molecule has 0 bridgehead atoms. The number of nitriles is 1. The van der Waals surface area contributed by atoms with Crippen molar-refractivity contribution in [2.75, 3.05) is 0 Å². The Morgan fingerprint density at radius 3 is 1.10 bits per heavy atom. The highest BCUT2D eigenvalue weighted by atomic mass is 19.4. The Kier molecular flexibility index (Phi) is 10.2. The monoisotopic (exact) mass is 1050 g/mol. The summed E-state index contributed by atoms with van der Waals surface area (Å²) in [7, 11) is 0. The van der Waals surface area contributed by atoms with E-state index in [1.165, 1.54) is 0 Å². The number of nitrogens with zero attached hydrogens (tertiary/aromatic N) is 5. The van der Waals surface area contributed by atoms with Crippen molar-refractivity contribution in [2.24, 2.45) is 0 Å². The number of fused-ring (bicyclic) bond motifs is 12. The predicted octanol–water partition coefficient (Wildman–Crippen LogP) is 19.3. The average Bonchev–Trinajstić information content (AvgIpc) is 4.42. The number of hydrogen-bond acceptors (Lipinski definition) is 1. The number of halogens is 6. The summed E-state index contributed by atoms with van der Waals surface area (Å²) in [6, 6.07) is 75.7. The molecule has 0 amide bonds. The van der Waals surface area contributed by atoms with Crippen LogP contribution in [0.2, 0.25) is 0 Å². The van der Waals surface area contributed by atoms with E-state index in [9.17, 15) is 18.4 Å². The van der Waals surface area contributed by atoms with Crippen LogP contribution in [0.1, 0.15) is 16.7 Å². The molecule has 0 unspecified atom stereocenters. The van der Waals surface area contributed by atoms with Gasteiger partial charge in [0.25, 0.3) is 0 Å². The Balaban J connectivity index is 0.997. The number of rotatable bonds is 6. The van der Waals surface area contributed by atoms with Crippen LogP contribution in [0, 0.1) is 11.3 Å². The van der Waals surface area contributed by atoms with Crippen molar-refractivity contribution >= 4 is 87.2 Å². The van der Waals surface area contributed by atoms with Crippen molar-refractivity contribution in [1.82, 2.24) is 18.3 Å². The van der Waals surface area contributed by atoms with Gasteiger partial charge in [0, 0.05) is 65.7 Å². The van der Waals surface area contributed by atoms with E-state index in [-0.39, 0.29) is 22.8 Å². The molecule has 0 saturated heterocycles. The summed E-state index contributed by atoms with van der Waals surface area (Å²) in [5.41, 5.74) is 7.92. The summed E-state index contributed by atoms with van der Waals surface area (Å²) in [4.78, 5) is 0. The Hall–Kier alpha value is -10.3. The summed E-state index contributed by atoms with van der Waals surface area (Å²) in [5.74, 6) is 0. The smallest absolute Gasteiger partial charge is 0.309 e. The molecule has 0 saturated carbocycles. The van der Waals surface area contributed by atoms with Crippen molar-refractivity contribution in [2.45, 2.75) is 12.4 Å². The van der Waals surface area contributed by atoms with E-state index in [0.29, 0.717) is 23.0 Å². The van der Waals surface area contributed by atoms with Crippen LogP contribution in [-0.4, -0.2) is 18.3 Å². The Bertz CT molecular complexity index is 5030. The molecule has 0 N–H and O–H groups in total. The maximum Gasteiger partial charge on any atom is 0.417 e. The molecule has 15 aromatic rings. The fourth-order valence-electron chi connectivity index (χ4n) is 12.5. The van der Waals surface area contributed by atoms with E-state index in [2.05, 4.69) is 97.1 Å². The third kappa shape index (κ3) is 7.05. The van der Waals surface area contributed by atoms with Crippen molar-refractivity contribution in [3.63, 3.8) is 0 Å². The van der Waals surface area contributed by atoms with Gasteiger partial charge in [-0.3, -0.25) is 0 Å². The summed E-state index contributed by atoms with van der Waals surface area (Å²) in [6.45, 7) is 0. The minimum absolute atomic E-state index is 0.0231. The van der Waals surface area contributed by atoms with Crippen LogP contribution in [0.25, 0.3) is 132 Å². The van der Waals surface area contributed by atoms with Crippen LogP contribution >= 0.6 is 0 Å². The zero-order valence-corrected chi connectivity index (χ0v) is 42.0. The first-order valence-electron chi connectivity index (χ1n) is 25.9. The quantitative estimate of drug-likeness (QED) is 0.153. The highest BCUT2D eigenvalue weighted by Crippen LogP contribution is 2.48. The molecule has 80 heavy (non-hydrogen) atoms. The summed E-state index contributed by atoms with van der Waals surface area (Å²) in [5, 5.41) is 18.7. The zero-order valence-electron chi connectivity index (χ0n) is 42.0. The maximum absolute atomic E-state index is 15.5. The minimum atomic E-state index is -5.19. The van der Waals surface area contributed by atoms with Crippen LogP contribution in [0.15, 0.2) is 237 Å². The molecule has 382 valence electrons. The van der Waals surface area contributed by atoms with Gasteiger partial charge in [0.05, 0.1) is 72.6 Å². The van der Waals surface area contributed by atoms with E-state index < -0.39 is 29.0 Å². The van der Waals surface area contributed by atoms with Gasteiger partial charge < -0.3 is 18.3 Å². The molecule has 0 spiro atoms. The number of alkyl halides is 6. The SMILES string of the molecule is N#Cc1ccc(-n2c3ccccc3c3cc(-n4c5ccccc5c5ccccc54)ccc32)c(-c2cc(-n3c4ccccc4c4cc(-n5c6ccccc6c6ccccc65)ccc43)ccc2-c2ccc(C(F)(F)F)cc2C(F)(F)F)c1. The lowest BCUT2D eigenvalue weighted by Gasteiger charge is -2.22. The molecule has 0 radical (unpaired) electrons. The van der Waals surface area contributed by atoms with E-state index in [1.807, 2.05) is 109 Å². The highest BCUT2D eigenvalue weighted by Gasteiger charge is 2.39. The fourth-order valence-corrected chi connectivity index (χ4v) is 12.5. The molecule has 11 heteroatoms. The Morgan fingerprint density at radius 2 is 0.662 bits per heavy atom. The molecular formula is C69H39F6N5. The van der Waals surface area contributed by atoms with Crippen LogP contribution in [0.5, 0.6) is 0 Å². The summed E-state index contributed by atoms with van der Waals surface area (Å²) >= 11 is 0. The van der Waals surface area contributed by atoms with Crippen LogP contribution in [0.3, 0.4) is 0 Å². The molecular weight excluding hydrogens is 1010 g/mol. The van der Waals surface area contributed by atoms with Gasteiger partial charge in [-0.25, -0.2) is 0 Å². The first kappa shape index (κ1) is 46.9. The number of hydrogen-bond donors (Lipinski definition) is 0. The molecule has 0 atom stereocenters. The lowest BCUT2D eigenvalue weighted by atomic mass is 9.88. The maximum atomic E-state index is 15.5. The summed E-state index contributed by atoms with van der Waals surface area (Å²) in [6.07, 6.45) is -10.2. The standard InChI is InChI=1S/C69H39F6N5/c70-68(71,72)42-26-30-47(58(36-42)69(73,74)75)46-31-27-43(79-63-23-11-5-17-52(63)56-38-44(28-33-65(56)79)77-59-19-7-1-13-48(59)49-14-2-8-20-60(49)77)37-54(46)55-35-41(40-76)25-32-66(55)80-64-24-12-6-18-53(64)57-39-45(29-34-67(57)80)78-61-21-9-3-15-50(61)51-16-4-10-22-62(51)78/h1-39H. The third-order valence-corrected chi connectivity index (χ3v) is 15.8. The Labute approximate surface area is 451 Å². The molecule has 0 fully saturated rings. The van der Waals surface area contributed by atoms with Crippen molar-refractivity contribution < 1.29 is 26.3 Å². The van der Waals surface area contributed by atoms with Crippen molar-refractivity contribution in [3.05, 3.63) is 253 Å². The van der Waals surface area contributed by atoms with Crippen molar-refractivity contribution in [3.8, 4) is 51.1 Å². The molecule has 0 aliphatic carbocycles. The molecule has 11 aromatic carbocycles. The van der Waals surface area contributed by atoms with E-state index >= 15 is 13.2 Å². The first-order valence-corrected chi connectivity index (χ1v) is 25.9. The van der Waals surface area contributed by atoms with E-state index in [4.69, 9.17) is 0 Å². The molecule has 4 heterocycles. The molecule has 15 rings (SSSR count). The second-order valence-electron chi connectivity index (χ2n) is 20.2. The zero-order chi connectivity index (χ0) is 54.2. The van der Waals surface area contributed by atoms with Gasteiger partial charge in [-0.15, -0.1) is 0 Å². The second-order valence-corrected chi connectivity index (χ2v) is 20.2. The molecule has 4 aromatic heterocycles. The average molecular weight is 1050 g/mol. The molecule has 0 aliphatic heterocycles. The lowest BCUT2D eigenvalue weighted by molar-refractivity contribution is -0.142. The Morgan fingerprint density at radius 1 is 0.287 bits per heavy atom.